The van der Waals surface area contributed by atoms with Gasteiger partial charge in [-0.1, -0.05) is 36.9 Å². The van der Waals surface area contributed by atoms with Crippen LogP contribution in [0.2, 0.25) is 0 Å². The van der Waals surface area contributed by atoms with Crippen LogP contribution in [0.15, 0.2) is 78.6 Å². The van der Waals surface area contributed by atoms with Crippen molar-refractivity contribution in [1.82, 2.24) is 14.6 Å². The smallest absolute Gasteiger partial charge is 0.268 e. The molecule has 0 aliphatic carbocycles. The van der Waals surface area contributed by atoms with Crippen LogP contribution in [0.3, 0.4) is 0 Å². The zero-order chi connectivity index (χ0) is 21.3. The Hall–Kier alpha value is -3.59. The third-order valence-electron chi connectivity index (χ3n) is 4.59. The number of hydrogen-bond donors (Lipinski definition) is 0. The Kier molecular flexibility index (Phi) is 5.04. The van der Waals surface area contributed by atoms with Crippen LogP contribution in [0.1, 0.15) is 11.1 Å². The maximum absolute atomic E-state index is 13.9. The van der Waals surface area contributed by atoms with E-state index in [2.05, 4.69) is 16.8 Å². The molecule has 0 saturated heterocycles. The normalized spacial score (nSPS) is 11.5. The maximum atomic E-state index is 13.9. The van der Waals surface area contributed by atoms with Crippen LogP contribution in [0, 0.1) is 11.6 Å². The van der Waals surface area contributed by atoms with Crippen molar-refractivity contribution in [1.29, 1.82) is 0 Å². The number of pyridine rings is 1. The van der Waals surface area contributed by atoms with Crippen molar-refractivity contribution >= 4 is 27.4 Å². The van der Waals surface area contributed by atoms with Crippen LogP contribution in [0.5, 0.6) is 0 Å². The molecule has 0 radical (unpaired) electrons. The predicted molar refractivity (Wildman–Crippen MR) is 109 cm³/mol. The zero-order valence-corrected chi connectivity index (χ0v) is 16.4. The van der Waals surface area contributed by atoms with Gasteiger partial charge in [-0.2, -0.15) is 0 Å². The average Bonchev–Trinajstić information content (AvgIpc) is 3.23. The third-order valence-corrected chi connectivity index (χ3v) is 6.38. The molecule has 2 aromatic carbocycles. The largest absolute Gasteiger partial charge is 0.288 e. The lowest BCUT2D eigenvalue weighted by atomic mass is 10.1. The van der Waals surface area contributed by atoms with Crippen molar-refractivity contribution < 1.29 is 17.2 Å². The molecule has 9 heteroatoms. The molecular weight excluding hydrogens is 410 g/mol. The highest BCUT2D eigenvalue weighted by Crippen LogP contribution is 2.29. The number of rotatable bonds is 6. The molecule has 0 amide bonds. The predicted octanol–water partition coefficient (Wildman–Crippen LogP) is 4.05. The number of anilines is 1. The van der Waals surface area contributed by atoms with E-state index in [-0.39, 0.29) is 22.8 Å². The SMILES string of the molecule is C=Cc1ccc(CN(c2ccc(F)c(F)c2)S(=O)(=O)c2cccn3cnnc23)cc1. The quantitative estimate of drug-likeness (QED) is 0.467. The molecule has 0 N–H and O–H groups in total. The Bertz CT molecular complexity index is 1330. The first-order valence-corrected chi connectivity index (χ1v) is 10.3. The fraction of sp³-hybridized carbons (Fsp3) is 0.0476. The number of halogens is 2. The molecule has 0 spiro atoms. The summed E-state index contributed by atoms with van der Waals surface area (Å²) in [6, 6.07) is 13.0. The maximum Gasteiger partial charge on any atom is 0.268 e. The molecule has 0 aliphatic rings. The van der Waals surface area contributed by atoms with E-state index in [1.165, 1.54) is 22.9 Å². The van der Waals surface area contributed by atoms with E-state index in [0.29, 0.717) is 5.56 Å². The Morgan fingerprint density at radius 3 is 2.53 bits per heavy atom. The highest BCUT2D eigenvalue weighted by Gasteiger charge is 2.29. The lowest BCUT2D eigenvalue weighted by Crippen LogP contribution is -2.31. The number of sulfonamides is 1. The topological polar surface area (TPSA) is 67.6 Å². The number of benzene rings is 2. The molecular formula is C21H16F2N4O2S. The fourth-order valence-corrected chi connectivity index (χ4v) is 4.60. The lowest BCUT2D eigenvalue weighted by molar-refractivity contribution is 0.508. The zero-order valence-electron chi connectivity index (χ0n) is 15.6. The minimum absolute atomic E-state index is 0.0109. The monoisotopic (exact) mass is 426 g/mol. The first-order valence-electron chi connectivity index (χ1n) is 8.87. The highest BCUT2D eigenvalue weighted by molar-refractivity contribution is 7.93. The van der Waals surface area contributed by atoms with Gasteiger partial charge in [-0.25, -0.2) is 17.2 Å². The minimum atomic E-state index is -4.19. The van der Waals surface area contributed by atoms with E-state index >= 15 is 0 Å². The van der Waals surface area contributed by atoms with Crippen LogP contribution in [0.25, 0.3) is 11.7 Å². The van der Waals surface area contributed by atoms with E-state index in [4.69, 9.17) is 0 Å². The van der Waals surface area contributed by atoms with Crippen molar-refractivity contribution in [3.05, 3.63) is 96.5 Å². The van der Waals surface area contributed by atoms with Crippen molar-refractivity contribution in [2.24, 2.45) is 0 Å². The van der Waals surface area contributed by atoms with Crippen molar-refractivity contribution in [2.45, 2.75) is 11.4 Å². The van der Waals surface area contributed by atoms with Gasteiger partial charge in [-0.15, -0.1) is 10.2 Å². The van der Waals surface area contributed by atoms with E-state index in [0.717, 1.165) is 22.0 Å². The minimum Gasteiger partial charge on any atom is -0.288 e. The van der Waals surface area contributed by atoms with Gasteiger partial charge < -0.3 is 0 Å². The molecule has 152 valence electrons. The highest BCUT2D eigenvalue weighted by atomic mass is 32.2. The fourth-order valence-electron chi connectivity index (χ4n) is 3.03. The molecule has 2 heterocycles. The van der Waals surface area contributed by atoms with Gasteiger partial charge in [0.1, 0.15) is 11.2 Å². The van der Waals surface area contributed by atoms with Gasteiger partial charge in [0.2, 0.25) is 0 Å². The van der Waals surface area contributed by atoms with Gasteiger partial charge in [0.15, 0.2) is 17.3 Å². The Morgan fingerprint density at radius 1 is 1.07 bits per heavy atom. The molecule has 30 heavy (non-hydrogen) atoms. The van der Waals surface area contributed by atoms with Crippen LogP contribution < -0.4 is 4.31 Å². The summed E-state index contributed by atoms with van der Waals surface area (Å²) in [7, 11) is -4.19. The van der Waals surface area contributed by atoms with Crippen LogP contribution in [-0.2, 0) is 16.6 Å². The molecule has 2 aromatic heterocycles. The molecule has 4 rings (SSSR count). The van der Waals surface area contributed by atoms with Gasteiger partial charge in [0.25, 0.3) is 10.0 Å². The molecule has 0 bridgehead atoms. The number of aromatic nitrogens is 3. The molecule has 6 nitrogen and oxygen atoms in total. The summed E-state index contributed by atoms with van der Waals surface area (Å²) in [4.78, 5) is -0.102. The third kappa shape index (κ3) is 3.55. The number of nitrogens with zero attached hydrogens (tertiary/aromatic N) is 4. The summed E-state index contributed by atoms with van der Waals surface area (Å²) in [6.07, 6.45) is 4.66. The van der Waals surface area contributed by atoms with Crippen molar-refractivity contribution in [3.63, 3.8) is 0 Å². The Morgan fingerprint density at radius 2 is 1.83 bits per heavy atom. The first kappa shape index (κ1) is 19.7. The van der Waals surface area contributed by atoms with E-state index in [9.17, 15) is 17.2 Å². The second-order valence-corrected chi connectivity index (χ2v) is 8.32. The molecule has 0 aliphatic heterocycles. The van der Waals surface area contributed by atoms with Crippen LogP contribution >= 0.6 is 0 Å². The second-order valence-electron chi connectivity index (χ2n) is 6.49. The average molecular weight is 426 g/mol. The van der Waals surface area contributed by atoms with Crippen molar-refractivity contribution in [3.8, 4) is 0 Å². The Labute approximate surface area is 171 Å². The summed E-state index contributed by atoms with van der Waals surface area (Å²) in [6.45, 7) is 3.59. The number of hydrogen-bond acceptors (Lipinski definition) is 4. The molecule has 0 saturated carbocycles. The second kappa shape index (κ2) is 7.68. The van der Waals surface area contributed by atoms with Crippen LogP contribution in [-0.4, -0.2) is 23.0 Å². The molecule has 0 atom stereocenters. The summed E-state index contributed by atoms with van der Waals surface area (Å²) >= 11 is 0. The summed E-state index contributed by atoms with van der Waals surface area (Å²) in [5.41, 5.74) is 1.65. The van der Waals surface area contributed by atoms with Gasteiger partial charge >= 0.3 is 0 Å². The molecule has 0 fully saturated rings. The summed E-state index contributed by atoms with van der Waals surface area (Å²) in [5.74, 6) is -2.21. The van der Waals surface area contributed by atoms with E-state index in [1.807, 2.05) is 0 Å². The van der Waals surface area contributed by atoms with Gasteiger partial charge in [-0.3, -0.25) is 8.71 Å². The molecule has 4 aromatic rings. The lowest BCUT2D eigenvalue weighted by Gasteiger charge is -2.25. The van der Waals surface area contributed by atoms with E-state index < -0.39 is 21.7 Å². The first-order chi connectivity index (χ1) is 14.4. The van der Waals surface area contributed by atoms with Gasteiger partial charge in [0.05, 0.1) is 12.2 Å². The molecule has 0 unspecified atom stereocenters. The summed E-state index contributed by atoms with van der Waals surface area (Å²) < 4.78 is 57.1. The van der Waals surface area contributed by atoms with Crippen LogP contribution in [0.4, 0.5) is 14.5 Å². The standard InChI is InChI=1S/C21H16F2N4O2S/c1-2-15-5-7-16(8-6-15)13-27(17-9-10-18(22)19(23)12-17)30(28,29)20-4-3-11-26-14-24-25-21(20)26/h2-12,14H,1,13H2. The summed E-state index contributed by atoms with van der Waals surface area (Å²) in [5, 5.41) is 7.63. The van der Waals surface area contributed by atoms with Crippen molar-refractivity contribution in [2.75, 3.05) is 4.31 Å². The van der Waals surface area contributed by atoms with Gasteiger partial charge in [0, 0.05) is 12.3 Å². The van der Waals surface area contributed by atoms with Gasteiger partial charge in [-0.05, 0) is 35.4 Å². The number of fused-ring (bicyclic) bond motifs is 1. The van der Waals surface area contributed by atoms with E-state index in [1.54, 1.807) is 42.6 Å². The Balaban J connectivity index is 1.85.